The predicted molar refractivity (Wildman–Crippen MR) is 105 cm³/mol. The maximum atomic E-state index is 12.6. The number of amides is 1. The molecule has 27 heavy (non-hydrogen) atoms. The van der Waals surface area contributed by atoms with Crippen LogP contribution in [0.25, 0.3) is 11.3 Å². The van der Waals surface area contributed by atoms with Gasteiger partial charge in [-0.3, -0.25) is 14.8 Å². The normalized spacial score (nSPS) is 11.1. The summed E-state index contributed by atoms with van der Waals surface area (Å²) in [4.78, 5) is 21.0. The Hall–Kier alpha value is -2.92. The highest BCUT2D eigenvalue weighted by atomic mass is 35.5. The SMILES string of the molecule is CC(C)(Oc1ccc(Cl)cc1)C(=O)NCc1ccnc(-c2ccncc2)c1. The molecule has 0 bridgehead atoms. The van der Waals surface area contributed by atoms with Crippen LogP contribution in [0.5, 0.6) is 5.75 Å². The van der Waals surface area contributed by atoms with Crippen molar-refractivity contribution in [3.8, 4) is 17.0 Å². The number of benzene rings is 1. The van der Waals surface area contributed by atoms with Crippen LogP contribution in [-0.4, -0.2) is 21.5 Å². The first-order chi connectivity index (χ1) is 12.9. The Morgan fingerprint density at radius 2 is 1.78 bits per heavy atom. The Kier molecular flexibility index (Phi) is 5.72. The average molecular weight is 382 g/mol. The molecule has 0 spiro atoms. The van der Waals surface area contributed by atoms with Gasteiger partial charge in [0.2, 0.25) is 0 Å². The molecule has 0 aliphatic heterocycles. The summed E-state index contributed by atoms with van der Waals surface area (Å²) in [6.07, 6.45) is 5.18. The number of aromatic nitrogens is 2. The lowest BCUT2D eigenvalue weighted by atomic mass is 10.1. The molecular formula is C21H20ClN3O2. The lowest BCUT2D eigenvalue weighted by molar-refractivity contribution is -0.134. The van der Waals surface area contributed by atoms with Gasteiger partial charge in [-0.1, -0.05) is 11.6 Å². The number of rotatable bonds is 6. The zero-order chi connectivity index (χ0) is 19.3. The van der Waals surface area contributed by atoms with Crippen LogP contribution in [-0.2, 0) is 11.3 Å². The van der Waals surface area contributed by atoms with Crippen molar-refractivity contribution in [3.63, 3.8) is 0 Å². The molecule has 0 radical (unpaired) electrons. The van der Waals surface area contributed by atoms with E-state index in [-0.39, 0.29) is 5.91 Å². The second-order valence-electron chi connectivity index (χ2n) is 6.53. The Morgan fingerprint density at radius 3 is 2.48 bits per heavy atom. The van der Waals surface area contributed by atoms with E-state index in [0.29, 0.717) is 17.3 Å². The number of hydrogen-bond donors (Lipinski definition) is 1. The van der Waals surface area contributed by atoms with Crippen molar-refractivity contribution in [1.82, 2.24) is 15.3 Å². The number of nitrogens with zero attached hydrogens (tertiary/aromatic N) is 2. The number of nitrogens with one attached hydrogen (secondary N) is 1. The molecule has 2 aromatic heterocycles. The molecule has 2 heterocycles. The van der Waals surface area contributed by atoms with E-state index < -0.39 is 5.60 Å². The average Bonchev–Trinajstić information content (AvgIpc) is 2.68. The Balaban J connectivity index is 1.63. The van der Waals surface area contributed by atoms with Crippen LogP contribution >= 0.6 is 11.6 Å². The van der Waals surface area contributed by atoms with Crippen molar-refractivity contribution in [2.24, 2.45) is 0 Å². The second kappa shape index (κ2) is 8.18. The zero-order valence-corrected chi connectivity index (χ0v) is 15.9. The molecular weight excluding hydrogens is 362 g/mol. The second-order valence-corrected chi connectivity index (χ2v) is 6.97. The fourth-order valence-electron chi connectivity index (χ4n) is 2.50. The van der Waals surface area contributed by atoms with E-state index in [0.717, 1.165) is 16.8 Å². The van der Waals surface area contributed by atoms with E-state index in [1.54, 1.807) is 56.7 Å². The van der Waals surface area contributed by atoms with Gasteiger partial charge in [-0.25, -0.2) is 0 Å². The molecule has 0 unspecified atom stereocenters. The number of halogens is 1. The first kappa shape index (κ1) is 18.9. The summed E-state index contributed by atoms with van der Waals surface area (Å²) in [5.41, 5.74) is 1.74. The molecule has 0 saturated heterocycles. The predicted octanol–water partition coefficient (Wildman–Crippen LogP) is 4.27. The van der Waals surface area contributed by atoms with Crippen molar-refractivity contribution in [3.05, 3.63) is 77.7 Å². The number of hydrogen-bond acceptors (Lipinski definition) is 4. The van der Waals surface area contributed by atoms with Gasteiger partial charge in [0.1, 0.15) is 5.75 Å². The first-order valence-corrected chi connectivity index (χ1v) is 8.90. The van der Waals surface area contributed by atoms with E-state index in [4.69, 9.17) is 16.3 Å². The Labute approximate surface area is 163 Å². The summed E-state index contributed by atoms with van der Waals surface area (Å²) >= 11 is 5.88. The molecule has 6 heteroatoms. The van der Waals surface area contributed by atoms with Gasteiger partial charge in [-0.05, 0) is 67.9 Å². The van der Waals surface area contributed by atoms with E-state index in [1.807, 2.05) is 24.3 Å². The van der Waals surface area contributed by atoms with Gasteiger partial charge in [0.25, 0.3) is 5.91 Å². The molecule has 0 atom stereocenters. The summed E-state index contributed by atoms with van der Waals surface area (Å²) in [6, 6.07) is 14.5. The van der Waals surface area contributed by atoms with Crippen molar-refractivity contribution in [2.45, 2.75) is 26.0 Å². The zero-order valence-electron chi connectivity index (χ0n) is 15.1. The van der Waals surface area contributed by atoms with E-state index in [2.05, 4.69) is 15.3 Å². The fourth-order valence-corrected chi connectivity index (χ4v) is 2.63. The minimum absolute atomic E-state index is 0.209. The number of carbonyl (C=O) groups is 1. The van der Waals surface area contributed by atoms with Crippen LogP contribution in [0, 0.1) is 0 Å². The maximum Gasteiger partial charge on any atom is 0.263 e. The molecule has 0 aliphatic rings. The van der Waals surface area contributed by atoms with E-state index in [1.165, 1.54) is 0 Å². The quantitative estimate of drug-likeness (QED) is 0.692. The topological polar surface area (TPSA) is 64.1 Å². The number of pyridine rings is 2. The number of ether oxygens (including phenoxy) is 1. The van der Waals surface area contributed by atoms with Gasteiger partial charge in [-0.15, -0.1) is 0 Å². The third-order valence-electron chi connectivity index (χ3n) is 3.99. The minimum Gasteiger partial charge on any atom is -0.478 e. The van der Waals surface area contributed by atoms with Crippen molar-refractivity contribution in [1.29, 1.82) is 0 Å². The fraction of sp³-hybridized carbons (Fsp3) is 0.190. The van der Waals surface area contributed by atoms with Crippen LogP contribution in [0.2, 0.25) is 5.02 Å². The van der Waals surface area contributed by atoms with Crippen LogP contribution in [0.3, 0.4) is 0 Å². The summed E-state index contributed by atoms with van der Waals surface area (Å²) in [6.45, 7) is 3.84. The highest BCUT2D eigenvalue weighted by molar-refractivity contribution is 6.30. The molecule has 138 valence electrons. The smallest absolute Gasteiger partial charge is 0.263 e. The van der Waals surface area contributed by atoms with Crippen LogP contribution in [0.1, 0.15) is 19.4 Å². The molecule has 0 aliphatic carbocycles. The molecule has 3 rings (SSSR count). The first-order valence-electron chi connectivity index (χ1n) is 8.52. The van der Waals surface area contributed by atoms with Gasteiger partial charge >= 0.3 is 0 Å². The molecule has 0 fully saturated rings. The van der Waals surface area contributed by atoms with E-state index >= 15 is 0 Å². The van der Waals surface area contributed by atoms with Gasteiger partial charge in [0.05, 0.1) is 5.69 Å². The summed E-state index contributed by atoms with van der Waals surface area (Å²) in [5.74, 6) is 0.378. The maximum absolute atomic E-state index is 12.6. The van der Waals surface area contributed by atoms with Crippen molar-refractivity contribution < 1.29 is 9.53 Å². The van der Waals surface area contributed by atoms with E-state index in [9.17, 15) is 4.79 Å². The number of carbonyl (C=O) groups excluding carboxylic acids is 1. The van der Waals surface area contributed by atoms with Gasteiger partial charge < -0.3 is 10.1 Å². The van der Waals surface area contributed by atoms with Crippen LogP contribution < -0.4 is 10.1 Å². The molecule has 3 aromatic rings. The molecule has 0 saturated carbocycles. The highest BCUT2D eigenvalue weighted by Crippen LogP contribution is 2.21. The van der Waals surface area contributed by atoms with Crippen molar-refractivity contribution >= 4 is 17.5 Å². The monoisotopic (exact) mass is 381 g/mol. The lowest BCUT2D eigenvalue weighted by Crippen LogP contribution is -2.46. The highest BCUT2D eigenvalue weighted by Gasteiger charge is 2.29. The molecule has 1 aromatic carbocycles. The summed E-state index contributed by atoms with van der Waals surface area (Å²) in [7, 11) is 0. The molecule has 1 amide bonds. The molecule has 5 nitrogen and oxygen atoms in total. The van der Waals surface area contributed by atoms with Gasteiger partial charge in [0.15, 0.2) is 5.60 Å². The third-order valence-corrected chi connectivity index (χ3v) is 4.24. The largest absolute Gasteiger partial charge is 0.478 e. The standard InChI is InChI=1S/C21H20ClN3O2/c1-21(2,27-18-5-3-17(22)4-6-18)20(26)25-14-15-7-12-24-19(13-15)16-8-10-23-11-9-16/h3-13H,14H2,1-2H3,(H,25,26). The summed E-state index contributed by atoms with van der Waals surface area (Å²) in [5, 5.41) is 3.54. The van der Waals surface area contributed by atoms with Crippen molar-refractivity contribution in [2.75, 3.05) is 0 Å². The third kappa shape index (κ3) is 5.05. The van der Waals surface area contributed by atoms with Gasteiger partial charge in [-0.2, -0.15) is 0 Å². The lowest BCUT2D eigenvalue weighted by Gasteiger charge is -2.25. The Morgan fingerprint density at radius 1 is 1.07 bits per heavy atom. The summed E-state index contributed by atoms with van der Waals surface area (Å²) < 4.78 is 5.81. The van der Waals surface area contributed by atoms with Gasteiger partial charge in [0, 0.05) is 35.7 Å². The Bertz CT molecular complexity index is 912. The van der Waals surface area contributed by atoms with Crippen LogP contribution in [0.4, 0.5) is 0 Å². The van der Waals surface area contributed by atoms with Crippen LogP contribution in [0.15, 0.2) is 67.1 Å². The molecule has 1 N–H and O–H groups in total. The minimum atomic E-state index is -1.02.